The van der Waals surface area contributed by atoms with E-state index in [2.05, 4.69) is 6.58 Å². The van der Waals surface area contributed by atoms with Gasteiger partial charge in [-0.25, -0.2) is 0 Å². The van der Waals surface area contributed by atoms with Crippen molar-refractivity contribution in [2.75, 3.05) is 0 Å². The first-order chi connectivity index (χ1) is 3.15. The maximum absolute atomic E-state index is 10.1. The van der Waals surface area contributed by atoms with Crippen LogP contribution in [0.15, 0.2) is 12.7 Å². The molecule has 0 aliphatic rings. The molecule has 0 saturated carbocycles. The second kappa shape index (κ2) is 9.45. The van der Waals surface area contributed by atoms with Crippen molar-refractivity contribution in [2.24, 2.45) is 0 Å². The Bertz CT molecular complexity index is 81.7. The molecule has 0 saturated heterocycles. The predicted octanol–water partition coefficient (Wildman–Crippen LogP) is 0.778. The van der Waals surface area contributed by atoms with Gasteiger partial charge < -0.3 is 0 Å². The summed E-state index contributed by atoms with van der Waals surface area (Å²) in [7, 11) is 0. The quantitative estimate of drug-likeness (QED) is 0.620. The van der Waals surface area contributed by atoms with E-state index < -0.39 is 30.3 Å². The zero-order chi connectivity index (χ0) is 6.28. The molecule has 0 rings (SSSR count). The van der Waals surface area contributed by atoms with Gasteiger partial charge in [-0.05, 0) is 6.58 Å². The molecular weight excluding hydrogens is 301 g/mol. The SMILES string of the molecule is C=C(F)F.[O]=[Pb]=[O]. The molecule has 0 atom stereocenters. The van der Waals surface area contributed by atoms with E-state index in [9.17, 15) is 8.78 Å². The third kappa shape index (κ3) is 6980. The predicted molar refractivity (Wildman–Crippen MR) is 18.5 cm³/mol. The maximum atomic E-state index is 10.1. The second-order valence-corrected chi connectivity index (χ2v) is 1.07. The van der Waals surface area contributed by atoms with Crippen LogP contribution in [0.4, 0.5) is 8.78 Å². The van der Waals surface area contributed by atoms with Crippen LogP contribution in [0.25, 0.3) is 0 Å². The first-order valence-electron chi connectivity index (χ1n) is 1.14. The summed E-state index contributed by atoms with van der Waals surface area (Å²) in [5, 5.41) is 0. The molecule has 0 unspecified atom stereocenters. The minimum atomic E-state index is -2.42. The van der Waals surface area contributed by atoms with Crippen LogP contribution in [-0.4, -0.2) is 24.3 Å². The fraction of sp³-hybridized carbons (Fsp3) is 0. The van der Waals surface area contributed by atoms with Gasteiger partial charge in [0.25, 0.3) is 6.08 Å². The topological polar surface area (TPSA) is 34.1 Å². The molecule has 0 fully saturated rings. The molecule has 0 heterocycles. The van der Waals surface area contributed by atoms with E-state index >= 15 is 0 Å². The van der Waals surface area contributed by atoms with Crippen LogP contribution in [-0.2, 0) is 5.37 Å². The summed E-state index contributed by atoms with van der Waals surface area (Å²) in [4.78, 5) is 0. The molecule has 0 amide bonds. The third-order valence-corrected chi connectivity index (χ3v) is 0. The molecule has 5 heteroatoms. The van der Waals surface area contributed by atoms with Crippen LogP contribution in [0.5, 0.6) is 0 Å². The molecule has 0 aromatic heterocycles. The Kier molecular flexibility index (Phi) is 13.7. The van der Waals surface area contributed by atoms with Crippen molar-refractivity contribution in [3.63, 3.8) is 0 Å². The number of rotatable bonds is 0. The fourth-order valence-electron chi connectivity index (χ4n) is 0. The molecule has 0 aliphatic carbocycles. The van der Waals surface area contributed by atoms with Crippen molar-refractivity contribution >= 4 is 24.3 Å². The van der Waals surface area contributed by atoms with Gasteiger partial charge in [-0.2, -0.15) is 8.78 Å². The van der Waals surface area contributed by atoms with Gasteiger partial charge in [-0.3, -0.25) is 0 Å². The molecule has 0 bridgehead atoms. The number of hydrogen-bond acceptors (Lipinski definition) is 2. The van der Waals surface area contributed by atoms with Crippen LogP contribution in [0.2, 0.25) is 0 Å². The number of hydrogen-bond donors (Lipinski definition) is 0. The Labute approximate surface area is 51.4 Å². The van der Waals surface area contributed by atoms with E-state index in [1.54, 1.807) is 0 Å². The van der Waals surface area contributed by atoms with Gasteiger partial charge in [0.2, 0.25) is 0 Å². The van der Waals surface area contributed by atoms with E-state index in [0.717, 1.165) is 0 Å². The molecule has 2 nitrogen and oxygen atoms in total. The summed E-state index contributed by atoms with van der Waals surface area (Å²) in [6, 6.07) is 0. The molecule has 0 aromatic carbocycles. The Morgan fingerprint density at radius 3 is 1.43 bits per heavy atom. The van der Waals surface area contributed by atoms with Crippen molar-refractivity contribution in [1.29, 1.82) is 0 Å². The van der Waals surface area contributed by atoms with Gasteiger partial charge in [0.1, 0.15) is 0 Å². The average Bonchev–Trinajstić information content (AvgIpc) is 1.33. The molecule has 7 heavy (non-hydrogen) atoms. The van der Waals surface area contributed by atoms with E-state index in [-0.39, 0.29) is 0 Å². The summed E-state index contributed by atoms with van der Waals surface area (Å²) < 4.78 is 37.4. The fourth-order valence-corrected chi connectivity index (χ4v) is 0. The Balaban J connectivity index is 0. The second-order valence-electron chi connectivity index (χ2n) is 0.422. The van der Waals surface area contributed by atoms with Gasteiger partial charge in [-0.1, -0.05) is 0 Å². The van der Waals surface area contributed by atoms with Crippen LogP contribution in [0.1, 0.15) is 0 Å². The van der Waals surface area contributed by atoms with Crippen molar-refractivity contribution in [1.82, 2.24) is 0 Å². The van der Waals surface area contributed by atoms with E-state index in [1.165, 1.54) is 0 Å². The minimum absolute atomic E-state index is 1.83. The molecular formula is C2H2F2O2Pb. The first-order valence-corrected chi connectivity index (χ1v) is 4.31. The van der Waals surface area contributed by atoms with Crippen LogP contribution < -0.4 is 0 Å². The van der Waals surface area contributed by atoms with E-state index in [1.807, 2.05) is 0 Å². The van der Waals surface area contributed by atoms with Crippen LogP contribution >= 0.6 is 0 Å². The summed E-state index contributed by atoms with van der Waals surface area (Å²) in [6.07, 6.45) is -1.83. The van der Waals surface area contributed by atoms with E-state index in [4.69, 9.17) is 5.37 Å². The Hall–Kier alpha value is 0.122. The normalized spacial score (nSPS) is 4.86. The molecule has 0 N–H and O–H groups in total. The van der Waals surface area contributed by atoms with Crippen LogP contribution in [0.3, 0.4) is 0 Å². The van der Waals surface area contributed by atoms with Gasteiger partial charge in [0.05, 0.1) is 0 Å². The average molecular weight is 303 g/mol. The van der Waals surface area contributed by atoms with Gasteiger partial charge in [0, 0.05) is 0 Å². The summed E-state index contributed by atoms with van der Waals surface area (Å²) in [5.41, 5.74) is 0. The molecule has 0 aliphatic heterocycles. The van der Waals surface area contributed by atoms with E-state index in [0.29, 0.717) is 0 Å². The Morgan fingerprint density at radius 1 is 1.43 bits per heavy atom. The van der Waals surface area contributed by atoms with Crippen molar-refractivity contribution in [3.05, 3.63) is 12.7 Å². The molecule has 40 valence electrons. The third-order valence-electron chi connectivity index (χ3n) is 0. The molecule has 0 spiro atoms. The summed E-state index contributed by atoms with van der Waals surface area (Å²) in [6.45, 7) is 2.22. The Morgan fingerprint density at radius 2 is 1.43 bits per heavy atom. The zero-order valence-electron chi connectivity index (χ0n) is 3.28. The van der Waals surface area contributed by atoms with Gasteiger partial charge in [0.15, 0.2) is 0 Å². The van der Waals surface area contributed by atoms with Crippen molar-refractivity contribution in [2.45, 2.75) is 0 Å². The van der Waals surface area contributed by atoms with Crippen LogP contribution in [0, 0.1) is 0 Å². The molecule has 0 aromatic rings. The monoisotopic (exact) mass is 304 g/mol. The first kappa shape index (κ1) is 10.2. The van der Waals surface area contributed by atoms with Crippen molar-refractivity contribution in [3.8, 4) is 0 Å². The number of halogens is 2. The molecule has 0 radical (unpaired) electrons. The summed E-state index contributed by atoms with van der Waals surface area (Å²) >= 11 is -2.42. The standard InChI is InChI=1S/C2H2F2.2O.Pb/c1-2(3)4;;;/h1H2;;;. The summed E-state index contributed by atoms with van der Waals surface area (Å²) in [5.74, 6) is 0. The van der Waals surface area contributed by atoms with Crippen molar-refractivity contribution < 1.29 is 14.2 Å². The van der Waals surface area contributed by atoms with Gasteiger partial charge in [-0.15, -0.1) is 0 Å². The van der Waals surface area contributed by atoms with Gasteiger partial charge >= 0.3 is 29.6 Å². The zero-order valence-corrected chi connectivity index (χ0v) is 7.17.